The number of amides is 4. The van der Waals surface area contributed by atoms with Crippen LogP contribution in [0.2, 0.25) is 0 Å². The number of aromatic nitrogens is 5. The van der Waals surface area contributed by atoms with Crippen molar-refractivity contribution in [2.24, 2.45) is 5.41 Å². The molecule has 11 rings (SSSR count). The molecule has 2 fully saturated rings. The number of hydrogen-bond acceptors (Lipinski definition) is 16. The van der Waals surface area contributed by atoms with E-state index < -0.39 is 31.8 Å². The Morgan fingerprint density at radius 2 is 1.64 bits per heavy atom. The first-order valence-electron chi connectivity index (χ1n) is 27.0. The van der Waals surface area contributed by atoms with E-state index in [1.807, 2.05) is 30.3 Å². The molecule has 422 valence electrons. The van der Waals surface area contributed by atoms with Crippen LogP contribution in [0.4, 0.5) is 40.1 Å². The van der Waals surface area contributed by atoms with Gasteiger partial charge in [-0.15, -0.1) is 0 Å². The van der Waals surface area contributed by atoms with E-state index in [9.17, 15) is 38.6 Å². The number of phosphoric ester groups is 1. The van der Waals surface area contributed by atoms with E-state index in [0.717, 1.165) is 68.1 Å². The number of fused-ring (bicyclic) bond motifs is 4. The molecule has 0 radical (unpaired) electrons. The maximum Gasteiger partial charge on any atom is 0.470 e. The van der Waals surface area contributed by atoms with Crippen molar-refractivity contribution in [2.75, 3.05) is 76.6 Å². The fourth-order valence-corrected chi connectivity index (χ4v) is 13.0. The number of imide groups is 1. The zero-order valence-corrected chi connectivity index (χ0v) is 46.9. The number of rotatable bonds is 15. The van der Waals surface area contributed by atoms with E-state index in [1.54, 1.807) is 35.5 Å². The number of pyridine rings is 2. The highest BCUT2D eigenvalue weighted by Crippen LogP contribution is 2.46. The number of aliphatic hydroxyl groups excluding tert-OH is 1. The summed E-state index contributed by atoms with van der Waals surface area (Å²) in [4.78, 5) is 102. The van der Waals surface area contributed by atoms with Gasteiger partial charge in [-0.1, -0.05) is 20.4 Å². The van der Waals surface area contributed by atoms with Gasteiger partial charge in [0.15, 0.2) is 5.82 Å². The molecule has 1 atom stereocenters. The maximum atomic E-state index is 14.1. The van der Waals surface area contributed by atoms with Gasteiger partial charge in [-0.05, 0) is 124 Å². The lowest BCUT2D eigenvalue weighted by Crippen LogP contribution is -2.57. The summed E-state index contributed by atoms with van der Waals surface area (Å²) in [5.74, 6) is -0.695. The van der Waals surface area contributed by atoms with Crippen molar-refractivity contribution in [3.8, 4) is 17.1 Å². The monoisotopic (exact) mass is 1120 g/mol. The summed E-state index contributed by atoms with van der Waals surface area (Å²) in [5.41, 5.74) is 6.80. The van der Waals surface area contributed by atoms with Crippen molar-refractivity contribution >= 4 is 71.5 Å². The number of nitrogens with zero attached hydrogens (tertiary/aromatic N) is 10. The third-order valence-electron chi connectivity index (χ3n) is 16.1. The molecular weight excluding hydrogens is 1060 g/mol. The molecule has 0 saturated carbocycles. The Bertz CT molecular complexity index is 3590. The van der Waals surface area contributed by atoms with Crippen molar-refractivity contribution < 1.29 is 47.9 Å². The van der Waals surface area contributed by atoms with Crippen molar-refractivity contribution in [2.45, 2.75) is 91.1 Å². The summed E-state index contributed by atoms with van der Waals surface area (Å²) in [6.45, 7) is 17.6. The number of phosphoric acid groups is 1. The fourth-order valence-electron chi connectivity index (χ4n) is 12.3. The molecule has 4 aliphatic heterocycles. The van der Waals surface area contributed by atoms with Gasteiger partial charge in [0.2, 0.25) is 5.91 Å². The number of aliphatic hydroxyl groups is 1. The van der Waals surface area contributed by atoms with Crippen LogP contribution in [0.25, 0.3) is 11.3 Å². The molecule has 5 N–H and O–H groups in total. The zero-order valence-electron chi connectivity index (χ0n) is 46.0. The Labute approximate surface area is 468 Å². The second kappa shape index (κ2) is 21.2. The number of piperazine rings is 1. The molecule has 22 nitrogen and oxygen atoms in total. The smallest absolute Gasteiger partial charge is 0.470 e. The van der Waals surface area contributed by atoms with Crippen molar-refractivity contribution in [1.29, 1.82) is 0 Å². The molecule has 23 heteroatoms. The lowest BCUT2D eigenvalue weighted by atomic mass is 9.90. The van der Waals surface area contributed by atoms with Crippen molar-refractivity contribution in [1.82, 2.24) is 29.4 Å². The molecule has 81 heavy (non-hydrogen) atoms. The predicted octanol–water partition coefficient (Wildman–Crippen LogP) is 7.21. The van der Waals surface area contributed by atoms with Crippen LogP contribution in [0.15, 0.2) is 91.9 Å². The molecule has 4 aromatic heterocycles. The Balaban J connectivity index is 0.753. The van der Waals surface area contributed by atoms with E-state index in [2.05, 4.69) is 72.2 Å². The summed E-state index contributed by atoms with van der Waals surface area (Å²) >= 11 is 0. The Kier molecular flexibility index (Phi) is 14.4. The van der Waals surface area contributed by atoms with E-state index >= 15 is 0 Å². The van der Waals surface area contributed by atoms with E-state index in [4.69, 9.17) is 14.2 Å². The van der Waals surface area contributed by atoms with Crippen LogP contribution in [-0.2, 0) is 45.5 Å². The highest BCUT2D eigenvalue weighted by molar-refractivity contribution is 7.46. The fraction of sp³-hybridized carbons (Fsp3) is 0.379. The van der Waals surface area contributed by atoms with Crippen LogP contribution in [0, 0.1) is 5.41 Å². The number of carbonyl (C=O) groups is 4. The largest absolute Gasteiger partial charge is 0.478 e. The summed E-state index contributed by atoms with van der Waals surface area (Å²) in [6, 6.07) is 18.0. The topological polar surface area (TPSA) is 261 Å². The quantitative estimate of drug-likeness (QED) is 0.0386. The number of anilines is 7. The summed E-state index contributed by atoms with van der Waals surface area (Å²) in [7, 11) is -3.39. The number of carbonyl (C=O) groups excluding carboxylic acids is 4. The lowest BCUT2D eigenvalue weighted by molar-refractivity contribution is -0.111. The third kappa shape index (κ3) is 10.6. The number of nitrogens with one attached hydrogen (secondary N) is 2. The molecule has 6 aromatic rings. The third-order valence-corrected chi connectivity index (χ3v) is 16.8. The van der Waals surface area contributed by atoms with Crippen LogP contribution in [0.1, 0.15) is 101 Å². The Hall–Kier alpha value is -7.85. The summed E-state index contributed by atoms with van der Waals surface area (Å²) in [5, 5.41) is 17.3. The number of hydrogen-bond donors (Lipinski definition) is 5. The van der Waals surface area contributed by atoms with Gasteiger partial charge in [0.1, 0.15) is 17.1 Å². The second-order valence-electron chi connectivity index (χ2n) is 22.5. The lowest BCUT2D eigenvalue weighted by Gasteiger charge is -2.47. The minimum atomic E-state index is -4.88. The number of methoxy groups -OCH3 is 1. The molecule has 0 unspecified atom stereocenters. The van der Waals surface area contributed by atoms with Crippen LogP contribution < -0.4 is 35.0 Å². The molecule has 1 aliphatic carbocycles. The number of ether oxygens (including phenoxy) is 1. The van der Waals surface area contributed by atoms with E-state index in [0.29, 0.717) is 65.4 Å². The van der Waals surface area contributed by atoms with E-state index in [-0.39, 0.29) is 57.5 Å². The average molecular weight is 1120 g/mol. The summed E-state index contributed by atoms with van der Waals surface area (Å²) < 4.78 is 24.4. The molecule has 8 heterocycles. The highest BCUT2D eigenvalue weighted by Gasteiger charge is 2.41. The van der Waals surface area contributed by atoms with Crippen LogP contribution >= 0.6 is 7.82 Å². The Morgan fingerprint density at radius 3 is 2.37 bits per heavy atom. The van der Waals surface area contributed by atoms with Gasteiger partial charge in [0, 0.05) is 98.5 Å². The highest BCUT2D eigenvalue weighted by atomic mass is 31.2. The molecule has 4 amide bonds. The molecule has 0 bridgehead atoms. The normalized spacial score (nSPS) is 18.5. The SMILES string of the molecule is C=CC(=O)Nc1cc(Nc2nc(-c3ccnc(N4CCn5c(cc6c5CC(C)(C)C6)C4=O)c3CO)cnc2OC)ccc1N1CCN(C2CCN(c3ccc4c(c3)C(=O)N(c3ccnc(C(C)(C)OP(=O)(O)O)c3)C4=O)CC2)C[C@@H]1C. The van der Waals surface area contributed by atoms with Crippen LogP contribution in [-0.4, -0.2) is 126 Å². The van der Waals surface area contributed by atoms with Crippen LogP contribution in [0.3, 0.4) is 0 Å². The molecule has 5 aliphatic rings. The van der Waals surface area contributed by atoms with Gasteiger partial charge < -0.3 is 44.6 Å². The van der Waals surface area contributed by atoms with Gasteiger partial charge in [-0.25, -0.2) is 24.4 Å². The molecule has 0 spiro atoms. The predicted molar refractivity (Wildman–Crippen MR) is 305 cm³/mol. The standard InChI is InChI=1S/C58H65N12O10P/c1-8-50(72)63-44-26-36(62-51-53(79-7)61-31-45(64-51)40-14-18-60-52(43(40)33-71)69-24-23-68-47(56(69)75)25-35-29-57(3,4)30-48(35)68)9-12-46(44)67-22-21-66(32-34(67)2)37-15-19-65(20-16-37)38-10-11-41-42(27-38)55(74)70(54(41)73)39-13-17-59-49(28-39)58(5,6)80-81(76,77)78/h8-14,17-18,25-28,31,34,37,71H,1,15-16,19-24,29-30,32-33H2,2-7H3,(H,62,64)(H,63,72)(H2,76,77,78)/t34-/m0/s1. The Morgan fingerprint density at radius 1 is 0.877 bits per heavy atom. The average Bonchev–Trinajstić information content (AvgIpc) is 3.58. The molecular formula is C58H65N12O10P. The summed E-state index contributed by atoms with van der Waals surface area (Å²) in [6.07, 6.45) is 9.34. The van der Waals surface area contributed by atoms with Gasteiger partial charge >= 0.3 is 7.82 Å². The minimum Gasteiger partial charge on any atom is -0.478 e. The van der Waals surface area contributed by atoms with E-state index in [1.165, 1.54) is 56.6 Å². The second-order valence-corrected chi connectivity index (χ2v) is 23.7. The van der Waals surface area contributed by atoms with Crippen molar-refractivity contribution in [3.05, 3.63) is 131 Å². The van der Waals surface area contributed by atoms with Crippen LogP contribution in [0.5, 0.6) is 5.88 Å². The first-order valence-corrected chi connectivity index (χ1v) is 28.6. The number of benzene rings is 2. The van der Waals surface area contributed by atoms with Gasteiger partial charge in [0.05, 0.1) is 59.5 Å². The number of piperidine rings is 1. The first-order chi connectivity index (χ1) is 38.6. The molecule has 2 saturated heterocycles. The molecule has 2 aromatic carbocycles. The van der Waals surface area contributed by atoms with Gasteiger partial charge in [0.25, 0.3) is 23.6 Å². The maximum absolute atomic E-state index is 14.1. The minimum absolute atomic E-state index is 0.0619. The van der Waals surface area contributed by atoms with Crippen molar-refractivity contribution in [3.63, 3.8) is 0 Å². The first kappa shape index (κ1) is 55.1. The van der Waals surface area contributed by atoms with Gasteiger partial charge in [-0.3, -0.25) is 38.5 Å². The zero-order chi connectivity index (χ0) is 57.3. The van der Waals surface area contributed by atoms with Gasteiger partial charge in [-0.2, -0.15) is 0 Å².